The Balaban J connectivity index is 1.52. The van der Waals surface area contributed by atoms with Gasteiger partial charge in [-0.25, -0.2) is 17.5 Å². The van der Waals surface area contributed by atoms with Crippen LogP contribution in [0.15, 0.2) is 53.4 Å². The van der Waals surface area contributed by atoms with E-state index >= 15 is 0 Å². The van der Waals surface area contributed by atoms with Crippen molar-refractivity contribution < 1.29 is 17.6 Å². The minimum atomic E-state index is -3.55. The van der Waals surface area contributed by atoms with Gasteiger partial charge in [-0.05, 0) is 68.0 Å². The monoisotopic (exact) mass is 475 g/mol. The molecule has 0 radical (unpaired) electrons. The summed E-state index contributed by atoms with van der Waals surface area (Å²) < 4.78 is 41.1. The largest absolute Gasteiger partial charge is 0.348 e. The van der Waals surface area contributed by atoms with E-state index in [0.29, 0.717) is 13.1 Å². The molecule has 0 aromatic heterocycles. The lowest BCUT2D eigenvalue weighted by atomic mass is 9.95. The highest BCUT2D eigenvalue weighted by Gasteiger charge is 2.25. The van der Waals surface area contributed by atoms with Crippen molar-refractivity contribution in [3.05, 3.63) is 65.5 Å². The zero-order chi connectivity index (χ0) is 24.0. The molecule has 2 aromatic carbocycles. The van der Waals surface area contributed by atoms with Crippen molar-refractivity contribution in [2.75, 3.05) is 26.2 Å². The van der Waals surface area contributed by atoms with E-state index in [2.05, 4.69) is 14.9 Å². The van der Waals surface area contributed by atoms with Gasteiger partial charge in [0.25, 0.3) is 0 Å². The van der Waals surface area contributed by atoms with Gasteiger partial charge < -0.3 is 5.32 Å². The topological polar surface area (TPSA) is 78.5 Å². The molecule has 2 atom stereocenters. The van der Waals surface area contributed by atoms with Crippen LogP contribution < -0.4 is 10.0 Å². The first-order valence-corrected chi connectivity index (χ1v) is 13.0. The Labute approximate surface area is 196 Å². The average Bonchev–Trinajstić information content (AvgIpc) is 2.77. The quantitative estimate of drug-likeness (QED) is 0.581. The molecule has 33 heavy (non-hydrogen) atoms. The fourth-order valence-electron chi connectivity index (χ4n) is 4.22. The van der Waals surface area contributed by atoms with Gasteiger partial charge in [-0.1, -0.05) is 43.7 Å². The number of rotatable bonds is 9. The number of hydrogen-bond acceptors (Lipinski definition) is 4. The molecule has 3 rings (SSSR count). The van der Waals surface area contributed by atoms with E-state index in [1.165, 1.54) is 12.1 Å². The van der Waals surface area contributed by atoms with Crippen molar-refractivity contribution >= 4 is 15.9 Å². The summed E-state index contributed by atoms with van der Waals surface area (Å²) >= 11 is 0. The number of carbonyl (C=O) groups excluding carboxylic acids is 1. The zero-order valence-corrected chi connectivity index (χ0v) is 20.4. The highest BCUT2D eigenvalue weighted by molar-refractivity contribution is 7.89. The lowest BCUT2D eigenvalue weighted by Crippen LogP contribution is -2.46. The van der Waals surface area contributed by atoms with Gasteiger partial charge >= 0.3 is 0 Å². The number of sulfonamides is 1. The number of halogens is 1. The number of nitrogens with zero attached hydrogens (tertiary/aromatic N) is 1. The van der Waals surface area contributed by atoms with Crippen molar-refractivity contribution in [3.8, 4) is 0 Å². The molecule has 1 aliphatic rings. The molecule has 1 fully saturated rings. The lowest BCUT2D eigenvalue weighted by molar-refractivity contribution is -0.123. The SMILES string of the molecule is Cc1ccc(S(=O)(=O)NCC2CCCN(CC(=O)NC(c3ccc(F)cc3)C(C)C)C2)cc1. The predicted molar refractivity (Wildman–Crippen MR) is 128 cm³/mol. The first-order chi connectivity index (χ1) is 15.6. The summed E-state index contributed by atoms with van der Waals surface area (Å²) in [5.74, 6) is -0.0849. The second-order valence-corrected chi connectivity index (χ2v) is 11.0. The van der Waals surface area contributed by atoms with Crippen molar-refractivity contribution in [1.82, 2.24) is 14.9 Å². The number of benzene rings is 2. The van der Waals surface area contributed by atoms with Crippen molar-refractivity contribution in [2.45, 2.75) is 44.6 Å². The van der Waals surface area contributed by atoms with E-state index in [-0.39, 0.29) is 41.0 Å². The highest BCUT2D eigenvalue weighted by Crippen LogP contribution is 2.22. The van der Waals surface area contributed by atoms with Gasteiger partial charge in [0, 0.05) is 13.1 Å². The van der Waals surface area contributed by atoms with E-state index in [9.17, 15) is 17.6 Å². The first-order valence-electron chi connectivity index (χ1n) is 11.5. The lowest BCUT2D eigenvalue weighted by Gasteiger charge is -2.33. The Morgan fingerprint density at radius 2 is 1.79 bits per heavy atom. The Morgan fingerprint density at radius 3 is 2.42 bits per heavy atom. The molecule has 2 N–H and O–H groups in total. The molecule has 0 saturated carbocycles. The molecule has 1 amide bonds. The molecule has 0 spiro atoms. The molecule has 1 heterocycles. The normalized spacial score (nSPS) is 18.3. The molecule has 1 aliphatic heterocycles. The zero-order valence-electron chi connectivity index (χ0n) is 19.6. The van der Waals surface area contributed by atoms with Crippen LogP contribution in [-0.2, 0) is 14.8 Å². The standard InChI is InChI=1S/C25H34FN3O3S/c1-18(2)25(21-8-10-22(26)11-9-21)28-24(30)17-29-14-4-5-20(16-29)15-27-33(31,32)23-12-6-19(3)7-13-23/h6-13,18,20,25,27H,4-5,14-17H2,1-3H3,(H,28,30). The van der Waals surface area contributed by atoms with E-state index in [1.54, 1.807) is 36.4 Å². The van der Waals surface area contributed by atoms with E-state index in [4.69, 9.17) is 0 Å². The Kier molecular flexibility index (Phi) is 8.62. The van der Waals surface area contributed by atoms with Crippen LogP contribution in [0.4, 0.5) is 4.39 Å². The van der Waals surface area contributed by atoms with E-state index in [0.717, 1.165) is 30.5 Å². The Hall–Kier alpha value is -2.29. The predicted octanol–water partition coefficient (Wildman–Crippen LogP) is 3.64. The van der Waals surface area contributed by atoms with Crippen LogP contribution in [0.5, 0.6) is 0 Å². The fraction of sp³-hybridized carbons (Fsp3) is 0.480. The average molecular weight is 476 g/mol. The van der Waals surface area contributed by atoms with Crippen LogP contribution in [0.1, 0.15) is 43.9 Å². The summed E-state index contributed by atoms with van der Waals surface area (Å²) in [6.07, 6.45) is 1.83. The maximum Gasteiger partial charge on any atom is 0.240 e. The number of amides is 1. The van der Waals surface area contributed by atoms with Gasteiger partial charge in [0.2, 0.25) is 15.9 Å². The smallest absolute Gasteiger partial charge is 0.240 e. The summed E-state index contributed by atoms with van der Waals surface area (Å²) in [5, 5.41) is 3.08. The summed E-state index contributed by atoms with van der Waals surface area (Å²) in [4.78, 5) is 15.1. The fourth-order valence-corrected chi connectivity index (χ4v) is 5.33. The van der Waals surface area contributed by atoms with Gasteiger partial charge in [0.05, 0.1) is 17.5 Å². The van der Waals surface area contributed by atoms with Gasteiger partial charge in [0.15, 0.2) is 0 Å². The number of hydrogen-bond donors (Lipinski definition) is 2. The number of piperidine rings is 1. The first kappa shape index (κ1) is 25.3. The molecular formula is C25H34FN3O3S. The Bertz CT molecular complexity index is 1020. The van der Waals surface area contributed by atoms with Crippen LogP contribution in [0.25, 0.3) is 0 Å². The summed E-state index contributed by atoms with van der Waals surface area (Å²) in [6, 6.07) is 12.8. The van der Waals surface area contributed by atoms with Crippen molar-refractivity contribution in [1.29, 1.82) is 0 Å². The van der Waals surface area contributed by atoms with Gasteiger partial charge in [0.1, 0.15) is 5.82 Å². The third-order valence-electron chi connectivity index (χ3n) is 6.08. The summed E-state index contributed by atoms with van der Waals surface area (Å²) in [7, 11) is -3.55. The second kappa shape index (κ2) is 11.2. The third-order valence-corrected chi connectivity index (χ3v) is 7.52. The van der Waals surface area contributed by atoms with E-state index in [1.807, 2.05) is 20.8 Å². The number of aryl methyl sites for hydroxylation is 1. The second-order valence-electron chi connectivity index (χ2n) is 9.25. The molecule has 0 bridgehead atoms. The number of nitrogens with one attached hydrogen (secondary N) is 2. The van der Waals surface area contributed by atoms with Crippen LogP contribution >= 0.6 is 0 Å². The number of likely N-dealkylation sites (tertiary alicyclic amines) is 1. The Morgan fingerprint density at radius 1 is 1.12 bits per heavy atom. The summed E-state index contributed by atoms with van der Waals surface area (Å²) in [6.45, 7) is 8.02. The van der Waals surface area contributed by atoms with E-state index < -0.39 is 10.0 Å². The maximum atomic E-state index is 13.3. The maximum absolute atomic E-state index is 13.3. The van der Waals surface area contributed by atoms with Crippen molar-refractivity contribution in [2.24, 2.45) is 11.8 Å². The van der Waals surface area contributed by atoms with Gasteiger partial charge in [-0.15, -0.1) is 0 Å². The number of carbonyl (C=O) groups is 1. The molecule has 0 aliphatic carbocycles. The van der Waals surface area contributed by atoms with Gasteiger partial charge in [-0.3, -0.25) is 9.69 Å². The molecule has 2 unspecified atom stereocenters. The van der Waals surface area contributed by atoms with Crippen LogP contribution in [0.3, 0.4) is 0 Å². The molecule has 180 valence electrons. The third kappa shape index (κ3) is 7.35. The molecule has 2 aromatic rings. The van der Waals surface area contributed by atoms with Gasteiger partial charge in [-0.2, -0.15) is 0 Å². The minimum absolute atomic E-state index is 0.0843. The molecule has 6 nitrogen and oxygen atoms in total. The summed E-state index contributed by atoms with van der Waals surface area (Å²) in [5.41, 5.74) is 1.89. The molecule has 8 heteroatoms. The minimum Gasteiger partial charge on any atom is -0.348 e. The van der Waals surface area contributed by atoms with Crippen LogP contribution in [0.2, 0.25) is 0 Å². The van der Waals surface area contributed by atoms with Crippen LogP contribution in [-0.4, -0.2) is 45.4 Å². The van der Waals surface area contributed by atoms with Crippen molar-refractivity contribution in [3.63, 3.8) is 0 Å². The molecular weight excluding hydrogens is 441 g/mol. The highest BCUT2D eigenvalue weighted by atomic mass is 32.2. The molecule has 1 saturated heterocycles. The van der Waals surface area contributed by atoms with Crippen LogP contribution in [0, 0.1) is 24.6 Å².